The standard InChI is InChI=1S/C21H24INO6/c1-4-6-16-19(8-7-15(14(3)24)21(16)25)28-9-5-10-29-20-12-18(23(26)27)13(2)11-17(20)22/h7-8,11-12,25H,4-6,9-10H2,1-3H3. The second kappa shape index (κ2) is 10.4. The number of aryl methyl sites for hydroxylation is 1. The van der Waals surface area contributed by atoms with Crippen molar-refractivity contribution < 1.29 is 24.3 Å². The van der Waals surface area contributed by atoms with Crippen molar-refractivity contribution in [2.24, 2.45) is 0 Å². The molecule has 0 radical (unpaired) electrons. The van der Waals surface area contributed by atoms with Crippen molar-refractivity contribution in [3.8, 4) is 17.2 Å². The second-order valence-corrected chi connectivity index (χ2v) is 7.78. The second-order valence-electron chi connectivity index (χ2n) is 6.62. The van der Waals surface area contributed by atoms with Gasteiger partial charge in [0.1, 0.15) is 17.2 Å². The third-order valence-corrected chi connectivity index (χ3v) is 5.21. The Labute approximate surface area is 183 Å². The molecule has 0 aromatic heterocycles. The molecule has 2 rings (SSSR count). The van der Waals surface area contributed by atoms with Crippen LogP contribution in [0.2, 0.25) is 0 Å². The van der Waals surface area contributed by atoms with Crippen LogP contribution in [-0.2, 0) is 6.42 Å². The number of ether oxygens (including phenoxy) is 2. The number of nitrogens with zero attached hydrogens (tertiary/aromatic N) is 1. The molecule has 7 nitrogen and oxygen atoms in total. The first-order valence-corrected chi connectivity index (χ1v) is 10.4. The van der Waals surface area contributed by atoms with Crippen LogP contribution in [0.5, 0.6) is 17.2 Å². The number of hydrogen-bond acceptors (Lipinski definition) is 6. The molecule has 0 saturated carbocycles. The number of carbonyl (C=O) groups is 1. The lowest BCUT2D eigenvalue weighted by atomic mass is 10.0. The maximum atomic E-state index is 11.6. The first-order chi connectivity index (χ1) is 13.8. The van der Waals surface area contributed by atoms with Gasteiger partial charge in [-0.2, -0.15) is 0 Å². The number of aromatic hydroxyl groups is 1. The Kier molecular flexibility index (Phi) is 8.24. The van der Waals surface area contributed by atoms with Gasteiger partial charge in [0.05, 0.1) is 33.3 Å². The van der Waals surface area contributed by atoms with Crippen LogP contribution in [0.25, 0.3) is 0 Å². The van der Waals surface area contributed by atoms with Gasteiger partial charge >= 0.3 is 0 Å². The minimum Gasteiger partial charge on any atom is -0.507 e. The fourth-order valence-electron chi connectivity index (χ4n) is 2.90. The van der Waals surface area contributed by atoms with Gasteiger partial charge < -0.3 is 14.6 Å². The number of rotatable bonds is 10. The third kappa shape index (κ3) is 5.81. The number of nitro groups is 1. The Bertz CT molecular complexity index is 913. The van der Waals surface area contributed by atoms with Gasteiger partial charge in [-0.25, -0.2) is 0 Å². The SMILES string of the molecule is CCCc1c(OCCCOc2cc([N+](=O)[O-])c(C)cc2I)ccc(C(C)=O)c1O. The highest BCUT2D eigenvalue weighted by molar-refractivity contribution is 14.1. The lowest BCUT2D eigenvalue weighted by Gasteiger charge is -2.15. The van der Waals surface area contributed by atoms with Crippen LogP contribution in [0.15, 0.2) is 24.3 Å². The van der Waals surface area contributed by atoms with Crippen molar-refractivity contribution in [1.29, 1.82) is 0 Å². The minimum atomic E-state index is -0.423. The lowest BCUT2D eigenvalue weighted by molar-refractivity contribution is -0.385. The van der Waals surface area contributed by atoms with Crippen LogP contribution in [0, 0.1) is 20.6 Å². The maximum Gasteiger partial charge on any atom is 0.276 e. The van der Waals surface area contributed by atoms with Gasteiger partial charge in [-0.3, -0.25) is 14.9 Å². The molecule has 0 unspecified atom stereocenters. The molecule has 0 amide bonds. The molecule has 2 aromatic rings. The predicted octanol–water partition coefficient (Wildman–Crippen LogP) is 5.22. The number of halogens is 1. The van der Waals surface area contributed by atoms with Crippen molar-refractivity contribution in [2.75, 3.05) is 13.2 Å². The zero-order valence-electron chi connectivity index (χ0n) is 16.7. The molecular formula is C21H24INO6. The summed E-state index contributed by atoms with van der Waals surface area (Å²) in [5.74, 6) is 0.809. The van der Waals surface area contributed by atoms with Gasteiger partial charge in [0.2, 0.25) is 0 Å². The summed E-state index contributed by atoms with van der Waals surface area (Å²) >= 11 is 2.09. The van der Waals surface area contributed by atoms with E-state index in [1.165, 1.54) is 13.0 Å². The zero-order valence-corrected chi connectivity index (χ0v) is 18.8. The van der Waals surface area contributed by atoms with E-state index in [0.717, 1.165) is 9.99 Å². The van der Waals surface area contributed by atoms with E-state index in [0.29, 0.717) is 54.2 Å². The normalized spacial score (nSPS) is 10.6. The molecule has 29 heavy (non-hydrogen) atoms. The summed E-state index contributed by atoms with van der Waals surface area (Å²) < 4.78 is 12.3. The van der Waals surface area contributed by atoms with E-state index < -0.39 is 4.92 Å². The highest BCUT2D eigenvalue weighted by Gasteiger charge is 2.17. The van der Waals surface area contributed by atoms with Crippen LogP contribution in [0.3, 0.4) is 0 Å². The van der Waals surface area contributed by atoms with E-state index in [1.807, 2.05) is 6.92 Å². The van der Waals surface area contributed by atoms with Crippen molar-refractivity contribution in [3.05, 3.63) is 54.6 Å². The fourth-order valence-corrected chi connectivity index (χ4v) is 3.68. The summed E-state index contributed by atoms with van der Waals surface area (Å²) in [6, 6.07) is 6.43. The first-order valence-electron chi connectivity index (χ1n) is 9.32. The molecule has 0 bridgehead atoms. The molecule has 8 heteroatoms. The highest BCUT2D eigenvalue weighted by atomic mass is 127. The van der Waals surface area contributed by atoms with Crippen molar-refractivity contribution in [1.82, 2.24) is 0 Å². The summed E-state index contributed by atoms with van der Waals surface area (Å²) in [5, 5.41) is 21.4. The topological polar surface area (TPSA) is 98.9 Å². The lowest BCUT2D eigenvalue weighted by Crippen LogP contribution is -2.08. The molecule has 0 atom stereocenters. The highest BCUT2D eigenvalue weighted by Crippen LogP contribution is 2.33. The molecule has 0 aliphatic heterocycles. The molecular weight excluding hydrogens is 489 g/mol. The van der Waals surface area contributed by atoms with Gasteiger partial charge in [0.15, 0.2) is 5.78 Å². The molecule has 2 aromatic carbocycles. The van der Waals surface area contributed by atoms with Crippen LogP contribution in [0.4, 0.5) is 5.69 Å². The van der Waals surface area contributed by atoms with Crippen LogP contribution < -0.4 is 9.47 Å². The Balaban J connectivity index is 1.98. The summed E-state index contributed by atoms with van der Waals surface area (Å²) in [6.45, 7) is 5.77. The van der Waals surface area contributed by atoms with Crippen molar-refractivity contribution in [2.45, 2.75) is 40.0 Å². The molecule has 156 valence electrons. The van der Waals surface area contributed by atoms with Gasteiger partial charge in [-0.15, -0.1) is 0 Å². The summed E-state index contributed by atoms with van der Waals surface area (Å²) in [6.07, 6.45) is 1.96. The van der Waals surface area contributed by atoms with Crippen LogP contribution in [-0.4, -0.2) is 29.0 Å². The van der Waals surface area contributed by atoms with Crippen LogP contribution in [0.1, 0.15) is 48.2 Å². The van der Waals surface area contributed by atoms with Gasteiger partial charge in [0.25, 0.3) is 5.69 Å². The number of hydrogen-bond donors (Lipinski definition) is 1. The number of Topliss-reactive ketones (excluding diaryl/α,β-unsaturated/α-hetero) is 1. The third-order valence-electron chi connectivity index (χ3n) is 4.37. The average molecular weight is 513 g/mol. The Morgan fingerprint density at radius 1 is 1.21 bits per heavy atom. The smallest absolute Gasteiger partial charge is 0.276 e. The Hall–Kier alpha value is -2.36. The number of carbonyl (C=O) groups excluding carboxylic acids is 1. The fraction of sp³-hybridized carbons (Fsp3) is 0.381. The molecule has 1 N–H and O–H groups in total. The zero-order chi connectivity index (χ0) is 21.6. The van der Waals surface area contributed by atoms with Gasteiger partial charge in [0, 0.05) is 17.5 Å². The van der Waals surface area contributed by atoms with Crippen molar-refractivity contribution in [3.63, 3.8) is 0 Å². The van der Waals surface area contributed by atoms with E-state index in [4.69, 9.17) is 9.47 Å². The number of phenols is 1. The van der Waals surface area contributed by atoms with Crippen molar-refractivity contribution >= 4 is 34.1 Å². The molecule has 0 aliphatic rings. The van der Waals surface area contributed by atoms with Crippen LogP contribution >= 0.6 is 22.6 Å². The van der Waals surface area contributed by atoms with E-state index in [-0.39, 0.29) is 17.2 Å². The summed E-state index contributed by atoms with van der Waals surface area (Å²) in [7, 11) is 0. The Morgan fingerprint density at radius 3 is 2.45 bits per heavy atom. The number of benzene rings is 2. The molecule has 0 saturated heterocycles. The first kappa shape index (κ1) is 22.9. The van der Waals surface area contributed by atoms with E-state index in [1.54, 1.807) is 25.1 Å². The number of phenolic OH excluding ortho intramolecular Hbond substituents is 1. The molecule has 0 aliphatic carbocycles. The van der Waals surface area contributed by atoms with Gasteiger partial charge in [-0.1, -0.05) is 13.3 Å². The van der Waals surface area contributed by atoms with E-state index >= 15 is 0 Å². The van der Waals surface area contributed by atoms with E-state index in [9.17, 15) is 20.0 Å². The summed E-state index contributed by atoms with van der Waals surface area (Å²) in [4.78, 5) is 22.3. The average Bonchev–Trinajstić information content (AvgIpc) is 2.64. The molecule has 0 fully saturated rings. The van der Waals surface area contributed by atoms with E-state index in [2.05, 4.69) is 22.6 Å². The number of ketones is 1. The maximum absolute atomic E-state index is 11.6. The minimum absolute atomic E-state index is 0.0189. The largest absolute Gasteiger partial charge is 0.507 e. The van der Waals surface area contributed by atoms with Gasteiger partial charge in [-0.05, 0) is 61.1 Å². The Morgan fingerprint density at radius 2 is 1.86 bits per heavy atom. The number of nitro benzene ring substituents is 1. The predicted molar refractivity (Wildman–Crippen MR) is 118 cm³/mol. The molecule has 0 heterocycles. The molecule has 0 spiro atoms. The quantitative estimate of drug-likeness (QED) is 0.154. The monoisotopic (exact) mass is 513 g/mol. The summed E-state index contributed by atoms with van der Waals surface area (Å²) in [5.41, 5.74) is 1.54.